The maximum atomic E-state index is 12.2. The van der Waals surface area contributed by atoms with Crippen LogP contribution >= 0.6 is 0 Å². The summed E-state index contributed by atoms with van der Waals surface area (Å²) in [6.45, 7) is -0.610. The molecular weight excluding hydrogens is 336 g/mol. The quantitative estimate of drug-likeness (QED) is 0.668. The van der Waals surface area contributed by atoms with E-state index in [4.69, 9.17) is 9.47 Å². The monoisotopic (exact) mass is 358 g/mol. The molecule has 0 bridgehead atoms. The van der Waals surface area contributed by atoms with Gasteiger partial charge in [0.05, 0.1) is 17.7 Å². The van der Waals surface area contributed by atoms with E-state index in [2.05, 4.69) is 0 Å². The molecule has 0 heterocycles. The van der Waals surface area contributed by atoms with E-state index in [1.165, 1.54) is 0 Å². The van der Waals surface area contributed by atoms with E-state index in [0.29, 0.717) is 11.1 Å². The van der Waals surface area contributed by atoms with Gasteiger partial charge >= 0.3 is 11.9 Å². The molecule has 0 aliphatic carbocycles. The fourth-order valence-electron chi connectivity index (χ4n) is 2.41. The van der Waals surface area contributed by atoms with Crippen molar-refractivity contribution in [1.29, 1.82) is 0 Å². The highest BCUT2D eigenvalue weighted by Gasteiger charge is 2.23. The molecule has 0 radical (unpaired) electrons. The highest BCUT2D eigenvalue weighted by atomic mass is 16.6. The molecule has 2 aromatic rings. The van der Waals surface area contributed by atoms with Crippen LogP contribution in [-0.4, -0.2) is 47.6 Å². The van der Waals surface area contributed by atoms with Crippen molar-refractivity contribution in [3.8, 4) is 0 Å². The first kappa shape index (κ1) is 19.6. The van der Waals surface area contributed by atoms with Gasteiger partial charge in [-0.05, 0) is 24.3 Å². The van der Waals surface area contributed by atoms with E-state index in [9.17, 15) is 19.8 Å². The lowest BCUT2D eigenvalue weighted by molar-refractivity contribution is -0.0186. The zero-order valence-electron chi connectivity index (χ0n) is 14.3. The second kappa shape index (κ2) is 10.3. The molecule has 0 saturated heterocycles. The standard InChI is InChI=1S/C20H22O6/c21-12-11-17(25-19(23)15-7-3-1-4-8-15)13-18(14-22)26-20(24)16-9-5-2-6-10-16/h1-10,17-18,21-22H,11-14H2/t17-,18-/m1/s1. The molecular formula is C20H22O6. The molecule has 0 unspecified atom stereocenters. The molecule has 0 aliphatic rings. The highest BCUT2D eigenvalue weighted by molar-refractivity contribution is 5.90. The van der Waals surface area contributed by atoms with Gasteiger partial charge in [0, 0.05) is 19.4 Å². The number of ether oxygens (including phenoxy) is 2. The summed E-state index contributed by atoms with van der Waals surface area (Å²) in [7, 11) is 0. The summed E-state index contributed by atoms with van der Waals surface area (Å²) in [5, 5.41) is 18.7. The normalized spacial score (nSPS) is 12.8. The Kier molecular flexibility index (Phi) is 7.79. The SMILES string of the molecule is O=C(O[C@H](CCO)C[C@H](CO)OC(=O)c1ccccc1)c1ccccc1. The Morgan fingerprint density at radius 2 is 1.23 bits per heavy atom. The topological polar surface area (TPSA) is 93.1 Å². The first-order valence-corrected chi connectivity index (χ1v) is 8.37. The van der Waals surface area contributed by atoms with Crippen LogP contribution in [0.5, 0.6) is 0 Å². The Morgan fingerprint density at radius 3 is 1.65 bits per heavy atom. The maximum Gasteiger partial charge on any atom is 0.338 e. The summed E-state index contributed by atoms with van der Waals surface area (Å²) in [4.78, 5) is 24.3. The second-order valence-electron chi connectivity index (χ2n) is 5.72. The van der Waals surface area contributed by atoms with Crippen LogP contribution in [0, 0.1) is 0 Å². The Morgan fingerprint density at radius 1 is 0.769 bits per heavy atom. The number of carbonyl (C=O) groups excluding carboxylic acids is 2. The van der Waals surface area contributed by atoms with Crippen LogP contribution < -0.4 is 0 Å². The number of hydrogen-bond donors (Lipinski definition) is 2. The van der Waals surface area contributed by atoms with E-state index >= 15 is 0 Å². The van der Waals surface area contributed by atoms with Crippen LogP contribution in [0.1, 0.15) is 33.6 Å². The number of hydrogen-bond acceptors (Lipinski definition) is 6. The summed E-state index contributed by atoms with van der Waals surface area (Å²) in [5.41, 5.74) is 0.753. The fourth-order valence-corrected chi connectivity index (χ4v) is 2.41. The lowest BCUT2D eigenvalue weighted by Crippen LogP contribution is -2.30. The van der Waals surface area contributed by atoms with Gasteiger partial charge < -0.3 is 19.7 Å². The van der Waals surface area contributed by atoms with Gasteiger partial charge in [0.1, 0.15) is 12.2 Å². The fraction of sp³-hybridized carbons (Fsp3) is 0.300. The van der Waals surface area contributed by atoms with Gasteiger partial charge in [0.2, 0.25) is 0 Å². The van der Waals surface area contributed by atoms with Gasteiger partial charge in [-0.3, -0.25) is 0 Å². The van der Waals surface area contributed by atoms with Crippen LogP contribution in [0.25, 0.3) is 0 Å². The van der Waals surface area contributed by atoms with Gasteiger partial charge in [-0.15, -0.1) is 0 Å². The Balaban J connectivity index is 1.97. The molecule has 0 amide bonds. The molecule has 2 atom stereocenters. The highest BCUT2D eigenvalue weighted by Crippen LogP contribution is 2.15. The third-order valence-electron chi connectivity index (χ3n) is 3.75. The van der Waals surface area contributed by atoms with Gasteiger partial charge in [0.25, 0.3) is 0 Å². The van der Waals surface area contributed by atoms with Crippen molar-refractivity contribution in [1.82, 2.24) is 0 Å². The Hall–Kier alpha value is -2.70. The number of rotatable bonds is 9. The smallest absolute Gasteiger partial charge is 0.338 e. The minimum absolute atomic E-state index is 0.0915. The molecule has 0 aliphatic heterocycles. The van der Waals surface area contributed by atoms with Crippen molar-refractivity contribution < 1.29 is 29.3 Å². The summed E-state index contributed by atoms with van der Waals surface area (Å²) in [5.74, 6) is -1.10. The first-order chi connectivity index (χ1) is 12.6. The largest absolute Gasteiger partial charge is 0.459 e. The van der Waals surface area contributed by atoms with Crippen molar-refractivity contribution in [2.45, 2.75) is 25.0 Å². The number of aliphatic hydroxyl groups is 2. The van der Waals surface area contributed by atoms with Crippen molar-refractivity contribution in [2.75, 3.05) is 13.2 Å². The maximum absolute atomic E-state index is 12.2. The van der Waals surface area contributed by atoms with Gasteiger partial charge in [0.15, 0.2) is 0 Å². The summed E-state index contributed by atoms with van der Waals surface area (Å²) in [6, 6.07) is 16.9. The minimum Gasteiger partial charge on any atom is -0.459 e. The first-order valence-electron chi connectivity index (χ1n) is 8.37. The lowest BCUT2D eigenvalue weighted by Gasteiger charge is -2.22. The molecule has 2 aromatic carbocycles. The molecule has 6 heteroatoms. The van der Waals surface area contributed by atoms with Gasteiger partial charge in [-0.25, -0.2) is 9.59 Å². The van der Waals surface area contributed by atoms with Crippen molar-refractivity contribution >= 4 is 11.9 Å². The zero-order valence-corrected chi connectivity index (χ0v) is 14.3. The van der Waals surface area contributed by atoms with Crippen molar-refractivity contribution in [3.63, 3.8) is 0 Å². The molecule has 0 saturated carbocycles. The van der Waals surface area contributed by atoms with Gasteiger partial charge in [-0.2, -0.15) is 0 Å². The van der Waals surface area contributed by atoms with E-state index in [1.54, 1.807) is 60.7 Å². The van der Waals surface area contributed by atoms with E-state index in [-0.39, 0.29) is 19.4 Å². The average molecular weight is 358 g/mol. The average Bonchev–Trinajstić information content (AvgIpc) is 2.68. The second-order valence-corrected chi connectivity index (χ2v) is 5.72. The predicted molar refractivity (Wildman–Crippen MR) is 94.7 cm³/mol. The molecule has 2 rings (SSSR count). The molecule has 138 valence electrons. The van der Waals surface area contributed by atoms with E-state index < -0.39 is 30.8 Å². The lowest BCUT2D eigenvalue weighted by atomic mass is 10.1. The molecule has 0 aromatic heterocycles. The van der Waals surface area contributed by atoms with Crippen molar-refractivity contribution in [3.05, 3.63) is 71.8 Å². The van der Waals surface area contributed by atoms with E-state index in [1.807, 2.05) is 0 Å². The van der Waals surface area contributed by atoms with Crippen LogP contribution in [0.2, 0.25) is 0 Å². The number of aliphatic hydroxyl groups excluding tert-OH is 2. The van der Waals surface area contributed by atoms with Crippen molar-refractivity contribution in [2.24, 2.45) is 0 Å². The summed E-state index contributed by atoms with van der Waals surface area (Å²) < 4.78 is 10.7. The summed E-state index contributed by atoms with van der Waals surface area (Å²) >= 11 is 0. The number of esters is 2. The molecule has 2 N–H and O–H groups in total. The Labute approximate surface area is 152 Å². The van der Waals surface area contributed by atoms with Crippen LogP contribution in [0.15, 0.2) is 60.7 Å². The van der Waals surface area contributed by atoms with Crippen LogP contribution in [0.3, 0.4) is 0 Å². The molecule has 6 nitrogen and oxygen atoms in total. The minimum atomic E-state index is -0.845. The third kappa shape index (κ3) is 5.98. The third-order valence-corrected chi connectivity index (χ3v) is 3.75. The van der Waals surface area contributed by atoms with E-state index in [0.717, 1.165) is 0 Å². The van der Waals surface area contributed by atoms with Crippen LogP contribution in [-0.2, 0) is 9.47 Å². The van der Waals surface area contributed by atoms with Gasteiger partial charge in [-0.1, -0.05) is 36.4 Å². The predicted octanol–water partition coefficient (Wildman–Crippen LogP) is 2.20. The zero-order chi connectivity index (χ0) is 18.8. The molecule has 26 heavy (non-hydrogen) atoms. The molecule has 0 spiro atoms. The molecule has 0 fully saturated rings. The van der Waals surface area contributed by atoms with Crippen LogP contribution in [0.4, 0.5) is 0 Å². The summed E-state index contributed by atoms with van der Waals surface area (Å²) in [6.07, 6.45) is -1.26. The number of benzene rings is 2. The Bertz CT molecular complexity index is 686. The number of carbonyl (C=O) groups is 2.